The maximum absolute atomic E-state index is 6.33. The van der Waals surface area contributed by atoms with Crippen LogP contribution in [0.2, 0.25) is 0 Å². The number of anilines is 1. The van der Waals surface area contributed by atoms with Crippen molar-refractivity contribution in [2.45, 2.75) is 66.3 Å². The zero-order valence-corrected chi connectivity index (χ0v) is 12.5. The molecule has 1 saturated carbocycles. The molecule has 0 saturated heterocycles. The van der Waals surface area contributed by atoms with Gasteiger partial charge in [0, 0.05) is 12.5 Å². The van der Waals surface area contributed by atoms with Crippen molar-refractivity contribution in [3.63, 3.8) is 0 Å². The Hall–Kier alpha value is -0.990. The lowest BCUT2D eigenvalue weighted by molar-refractivity contribution is 0.407. The molecule has 3 heteroatoms. The molecule has 3 nitrogen and oxygen atoms in total. The molecule has 0 unspecified atom stereocenters. The average molecular weight is 249 g/mol. The molecule has 1 aliphatic rings. The second-order valence-electron chi connectivity index (χ2n) is 7.32. The van der Waals surface area contributed by atoms with Crippen molar-refractivity contribution >= 4 is 5.82 Å². The molecule has 18 heavy (non-hydrogen) atoms. The lowest BCUT2D eigenvalue weighted by Gasteiger charge is -2.17. The zero-order valence-electron chi connectivity index (χ0n) is 12.5. The quantitative estimate of drug-likeness (QED) is 0.886. The topological polar surface area (TPSA) is 43.8 Å². The van der Waals surface area contributed by atoms with Crippen LogP contribution in [-0.4, -0.2) is 9.55 Å². The van der Waals surface area contributed by atoms with Crippen LogP contribution in [0, 0.1) is 11.3 Å². The molecule has 0 radical (unpaired) electrons. The predicted molar refractivity (Wildman–Crippen MR) is 76.6 cm³/mol. The van der Waals surface area contributed by atoms with Crippen molar-refractivity contribution in [1.29, 1.82) is 0 Å². The van der Waals surface area contributed by atoms with Crippen molar-refractivity contribution in [2.24, 2.45) is 11.3 Å². The number of nitrogens with two attached hydrogens (primary N) is 1. The van der Waals surface area contributed by atoms with E-state index in [4.69, 9.17) is 10.7 Å². The van der Waals surface area contributed by atoms with Crippen LogP contribution in [0.5, 0.6) is 0 Å². The highest BCUT2D eigenvalue weighted by Gasteiger charge is 2.31. The van der Waals surface area contributed by atoms with E-state index in [0.717, 1.165) is 24.5 Å². The molecule has 0 bridgehead atoms. The van der Waals surface area contributed by atoms with E-state index in [1.54, 1.807) is 0 Å². The van der Waals surface area contributed by atoms with Gasteiger partial charge in [0.15, 0.2) is 0 Å². The summed E-state index contributed by atoms with van der Waals surface area (Å²) in [6.45, 7) is 12.2. The van der Waals surface area contributed by atoms with Gasteiger partial charge in [-0.1, -0.05) is 34.6 Å². The normalized spacial score (nSPS) is 16.6. The van der Waals surface area contributed by atoms with Gasteiger partial charge in [0.1, 0.15) is 11.6 Å². The van der Waals surface area contributed by atoms with Gasteiger partial charge in [-0.15, -0.1) is 0 Å². The van der Waals surface area contributed by atoms with Gasteiger partial charge >= 0.3 is 0 Å². The van der Waals surface area contributed by atoms with Crippen molar-refractivity contribution < 1.29 is 0 Å². The Labute approximate surface area is 111 Å². The third-order valence-electron chi connectivity index (χ3n) is 3.30. The monoisotopic (exact) mass is 249 g/mol. The molecule has 2 rings (SSSR count). The molecule has 1 aliphatic carbocycles. The largest absolute Gasteiger partial charge is 0.384 e. The van der Waals surface area contributed by atoms with E-state index < -0.39 is 0 Å². The maximum atomic E-state index is 6.33. The Bertz CT molecular complexity index is 420. The minimum Gasteiger partial charge on any atom is -0.384 e. The molecule has 1 aromatic heterocycles. The van der Waals surface area contributed by atoms with E-state index >= 15 is 0 Å². The number of hydrogen-bond donors (Lipinski definition) is 1. The van der Waals surface area contributed by atoms with Crippen molar-refractivity contribution in [3.8, 4) is 0 Å². The first kappa shape index (κ1) is 13.4. The summed E-state index contributed by atoms with van der Waals surface area (Å²) in [7, 11) is 0. The lowest BCUT2D eigenvalue weighted by atomic mass is 9.90. The van der Waals surface area contributed by atoms with Crippen LogP contribution in [0.1, 0.15) is 64.9 Å². The highest BCUT2D eigenvalue weighted by molar-refractivity contribution is 5.40. The molecular formula is C15H27N3. The molecule has 1 aromatic rings. The molecule has 0 atom stereocenters. The Kier molecular flexibility index (Phi) is 3.43. The fourth-order valence-electron chi connectivity index (χ4n) is 2.38. The number of nitrogens with zero attached hydrogens (tertiary/aromatic N) is 2. The molecule has 1 fully saturated rings. The molecule has 0 spiro atoms. The number of aromatic nitrogens is 2. The van der Waals surface area contributed by atoms with E-state index in [-0.39, 0.29) is 5.41 Å². The summed E-state index contributed by atoms with van der Waals surface area (Å²) >= 11 is 0. The summed E-state index contributed by atoms with van der Waals surface area (Å²) in [5.74, 6) is 3.42. The summed E-state index contributed by atoms with van der Waals surface area (Å²) in [4.78, 5) is 4.85. The number of rotatable bonds is 4. The second-order valence-corrected chi connectivity index (χ2v) is 7.32. The fraction of sp³-hybridized carbons (Fsp3) is 0.800. The first-order valence-electron chi connectivity index (χ1n) is 7.12. The first-order chi connectivity index (χ1) is 8.28. The number of imidazole rings is 1. The minimum atomic E-state index is 0.242. The van der Waals surface area contributed by atoms with Gasteiger partial charge in [0.2, 0.25) is 0 Å². The van der Waals surface area contributed by atoms with E-state index in [1.165, 1.54) is 18.7 Å². The van der Waals surface area contributed by atoms with Crippen molar-refractivity contribution in [3.05, 3.63) is 11.5 Å². The maximum Gasteiger partial charge on any atom is 0.126 e. The Morgan fingerprint density at radius 1 is 1.33 bits per heavy atom. The van der Waals surface area contributed by atoms with Crippen LogP contribution < -0.4 is 5.73 Å². The summed E-state index contributed by atoms with van der Waals surface area (Å²) in [6, 6.07) is 0. The van der Waals surface area contributed by atoms with E-state index in [2.05, 4.69) is 39.2 Å². The first-order valence-corrected chi connectivity index (χ1v) is 7.12. The van der Waals surface area contributed by atoms with Crippen molar-refractivity contribution in [1.82, 2.24) is 9.55 Å². The molecule has 102 valence electrons. The third-order valence-corrected chi connectivity index (χ3v) is 3.30. The molecule has 0 aromatic carbocycles. The van der Waals surface area contributed by atoms with Crippen LogP contribution in [-0.2, 0) is 13.0 Å². The van der Waals surface area contributed by atoms with E-state index in [9.17, 15) is 0 Å². The molecular weight excluding hydrogens is 222 g/mol. The predicted octanol–water partition coefficient (Wildman–Crippen LogP) is 3.59. The SMILES string of the molecule is CC(C)Cn1c(C2CC2)nc(CC(C)(C)C)c1N. The standard InChI is InChI=1S/C15H27N3/c1-10(2)9-18-13(16)12(8-15(3,4)5)17-14(18)11-6-7-11/h10-11H,6-9,16H2,1-5H3. The summed E-state index contributed by atoms with van der Waals surface area (Å²) in [6.07, 6.45) is 3.52. The Balaban J connectivity index is 2.31. The van der Waals surface area contributed by atoms with Gasteiger partial charge in [-0.05, 0) is 30.6 Å². The average Bonchev–Trinajstić information content (AvgIpc) is 2.98. The summed E-state index contributed by atoms with van der Waals surface area (Å²) in [5, 5.41) is 0. The van der Waals surface area contributed by atoms with Crippen LogP contribution in [0.25, 0.3) is 0 Å². The van der Waals surface area contributed by atoms with Gasteiger partial charge in [-0.2, -0.15) is 0 Å². The summed E-state index contributed by atoms with van der Waals surface area (Å²) < 4.78 is 2.27. The van der Waals surface area contributed by atoms with Gasteiger partial charge in [-0.25, -0.2) is 4.98 Å². The Morgan fingerprint density at radius 2 is 1.94 bits per heavy atom. The summed E-state index contributed by atoms with van der Waals surface area (Å²) in [5.41, 5.74) is 7.67. The van der Waals surface area contributed by atoms with Gasteiger partial charge < -0.3 is 10.3 Å². The minimum absolute atomic E-state index is 0.242. The van der Waals surface area contributed by atoms with Crippen LogP contribution >= 0.6 is 0 Å². The molecule has 0 amide bonds. The smallest absolute Gasteiger partial charge is 0.126 e. The molecule has 1 heterocycles. The molecule has 0 aliphatic heterocycles. The Morgan fingerprint density at radius 3 is 2.39 bits per heavy atom. The number of nitrogen functional groups attached to an aromatic ring is 1. The highest BCUT2D eigenvalue weighted by Crippen LogP contribution is 2.41. The highest BCUT2D eigenvalue weighted by atomic mass is 15.2. The van der Waals surface area contributed by atoms with Gasteiger partial charge in [-0.3, -0.25) is 0 Å². The van der Waals surface area contributed by atoms with Gasteiger partial charge in [0.05, 0.1) is 5.69 Å². The third kappa shape index (κ3) is 3.06. The van der Waals surface area contributed by atoms with E-state index in [0.29, 0.717) is 11.8 Å². The second kappa shape index (κ2) is 4.60. The fourth-order valence-corrected chi connectivity index (χ4v) is 2.38. The van der Waals surface area contributed by atoms with Crippen LogP contribution in [0.3, 0.4) is 0 Å². The van der Waals surface area contributed by atoms with E-state index in [1.807, 2.05) is 0 Å². The van der Waals surface area contributed by atoms with Crippen molar-refractivity contribution in [2.75, 3.05) is 5.73 Å². The lowest BCUT2D eigenvalue weighted by Crippen LogP contribution is -2.13. The number of hydrogen-bond acceptors (Lipinski definition) is 2. The zero-order chi connectivity index (χ0) is 13.5. The van der Waals surface area contributed by atoms with Crippen LogP contribution in [0.15, 0.2) is 0 Å². The van der Waals surface area contributed by atoms with Crippen LogP contribution in [0.4, 0.5) is 5.82 Å². The van der Waals surface area contributed by atoms with Gasteiger partial charge in [0.25, 0.3) is 0 Å². The molecule has 2 N–H and O–H groups in total.